The van der Waals surface area contributed by atoms with E-state index in [2.05, 4.69) is 9.44 Å². The van der Waals surface area contributed by atoms with E-state index < -0.39 is 64.5 Å². The van der Waals surface area contributed by atoms with Crippen molar-refractivity contribution in [2.75, 3.05) is 0 Å². The van der Waals surface area contributed by atoms with Gasteiger partial charge in [-0.25, -0.2) is 17.2 Å². The molecule has 0 saturated carbocycles. The average Bonchev–Trinajstić information content (AvgIpc) is 3.02. The number of hydrogen-bond donors (Lipinski definition) is 2. The van der Waals surface area contributed by atoms with Crippen molar-refractivity contribution in [1.82, 2.24) is 35.3 Å². The largest absolute Gasteiger partial charge is 0.328 e. The molecule has 0 bridgehead atoms. The van der Waals surface area contributed by atoms with Crippen LogP contribution in [-0.2, 0) is 60.0 Å². The Bertz CT molecular complexity index is 2010. The molecule has 0 aromatic rings. The quantitative estimate of drug-likeness (QED) is 0.357. The van der Waals surface area contributed by atoms with Crippen molar-refractivity contribution in [2.45, 2.75) is 147 Å². The molecule has 0 saturated heterocycles. The summed E-state index contributed by atoms with van der Waals surface area (Å²) >= 11 is 0. The van der Waals surface area contributed by atoms with Crippen molar-refractivity contribution in [3.63, 3.8) is 0 Å². The minimum atomic E-state index is -3.68. The van der Waals surface area contributed by atoms with Crippen LogP contribution in [0.4, 0.5) is 0 Å². The van der Waals surface area contributed by atoms with Gasteiger partial charge in [-0.15, -0.1) is 0 Å². The number of carbonyl (C=O) groups is 4. The highest BCUT2D eigenvalue weighted by Gasteiger charge is 2.40. The molecule has 20 nitrogen and oxygen atoms in total. The first-order valence-electron chi connectivity index (χ1n) is 19.3. The van der Waals surface area contributed by atoms with Gasteiger partial charge in [0.2, 0.25) is 0 Å². The number of carbonyl (C=O) groups excluding carboxylic acids is 4. The van der Waals surface area contributed by atoms with Crippen molar-refractivity contribution in [3.05, 3.63) is 48.1 Å². The Balaban J connectivity index is 0.000000400. The van der Waals surface area contributed by atoms with Gasteiger partial charge < -0.3 is 0 Å². The molecule has 60 heavy (non-hydrogen) atoms. The summed E-state index contributed by atoms with van der Waals surface area (Å²) in [5, 5.41) is 0. The number of nitrogens with one attached hydrogen (secondary N) is 2. The van der Waals surface area contributed by atoms with Crippen LogP contribution in [0.25, 0.3) is 0 Å². The van der Waals surface area contributed by atoms with E-state index in [-0.39, 0.29) is 48.1 Å². The molecule has 0 atom stereocenters. The van der Waals surface area contributed by atoms with Gasteiger partial charge in [0.05, 0.1) is 0 Å². The van der Waals surface area contributed by atoms with E-state index >= 15 is 0 Å². The molecule has 2 N–H and O–H groups in total. The summed E-state index contributed by atoms with van der Waals surface area (Å²) in [5.74, 6) is -1.83. The van der Waals surface area contributed by atoms with E-state index in [4.69, 9.17) is 0 Å². The summed E-state index contributed by atoms with van der Waals surface area (Å²) in [5.41, 5.74) is 0.969. The molecule has 24 heteroatoms. The molecule has 4 amide bonds. The smallest absolute Gasteiger partial charge is 0.273 e. The first-order chi connectivity index (χ1) is 27.1. The molecule has 0 aromatic carbocycles. The lowest BCUT2D eigenvalue weighted by molar-refractivity contribution is -0.125. The van der Waals surface area contributed by atoms with Crippen LogP contribution in [0.15, 0.2) is 48.1 Å². The van der Waals surface area contributed by atoms with Gasteiger partial charge in [-0.05, 0) is 94.9 Å². The van der Waals surface area contributed by atoms with Crippen molar-refractivity contribution < 1.29 is 52.8 Å². The molecule has 0 aliphatic carbocycles. The summed E-state index contributed by atoms with van der Waals surface area (Å²) in [7, 11) is -14.7. The zero-order valence-electron chi connectivity index (χ0n) is 37.3. The zero-order valence-corrected chi connectivity index (χ0v) is 40.6. The summed E-state index contributed by atoms with van der Waals surface area (Å²) in [6, 6.07) is -1.88. The molecule has 0 radical (unpaired) electrons. The van der Waals surface area contributed by atoms with Gasteiger partial charge in [0.15, 0.2) is 0 Å². The van der Waals surface area contributed by atoms with Crippen molar-refractivity contribution in [1.29, 1.82) is 0 Å². The molecule has 4 rings (SSSR count). The normalized spacial score (nSPS) is 20.5. The maximum Gasteiger partial charge on any atom is 0.328 e. The highest BCUT2D eigenvalue weighted by molar-refractivity contribution is 7.88. The summed E-state index contributed by atoms with van der Waals surface area (Å²) in [6.45, 7) is 27.8. The number of amides is 4. The van der Waals surface area contributed by atoms with Crippen molar-refractivity contribution in [3.8, 4) is 0 Å². The second-order valence-corrected chi connectivity index (χ2v) is 22.7. The third-order valence-electron chi connectivity index (χ3n) is 8.47. The van der Waals surface area contributed by atoms with E-state index in [0.29, 0.717) is 11.1 Å². The number of hydrogen-bond acceptors (Lipinski definition) is 12. The fourth-order valence-corrected chi connectivity index (χ4v) is 11.8. The van der Waals surface area contributed by atoms with Crippen LogP contribution in [0.1, 0.15) is 111 Å². The average molecular weight is 929 g/mol. The van der Waals surface area contributed by atoms with Gasteiger partial charge in [-0.3, -0.25) is 37.2 Å². The topological polar surface area (TPSA) is 248 Å². The fraction of sp³-hybridized carbons (Fsp3) is 0.667. The van der Waals surface area contributed by atoms with Gasteiger partial charge in [0, 0.05) is 84.3 Å². The molecule has 4 heterocycles. The Morgan fingerprint density at radius 1 is 0.400 bits per heavy atom. The highest BCUT2D eigenvalue weighted by Crippen LogP contribution is 2.24. The zero-order chi connectivity index (χ0) is 47.2. The van der Waals surface area contributed by atoms with E-state index in [1.165, 1.54) is 45.6 Å². The van der Waals surface area contributed by atoms with Gasteiger partial charge in [0.1, 0.15) is 0 Å². The third-order valence-corrected chi connectivity index (χ3v) is 15.9. The molecule has 0 spiro atoms. The van der Waals surface area contributed by atoms with Crippen LogP contribution in [0.3, 0.4) is 0 Å². The van der Waals surface area contributed by atoms with Gasteiger partial charge in [-0.2, -0.15) is 33.7 Å². The van der Waals surface area contributed by atoms with Gasteiger partial charge >= 0.3 is 40.8 Å². The van der Waals surface area contributed by atoms with Crippen LogP contribution in [-0.4, -0.2) is 119 Å². The van der Waals surface area contributed by atoms with Crippen LogP contribution >= 0.6 is 0 Å². The molecule has 0 aromatic heterocycles. The second kappa shape index (κ2) is 20.6. The lowest BCUT2D eigenvalue weighted by atomic mass is 10.0. The number of rotatable bonds is 8. The van der Waals surface area contributed by atoms with Crippen LogP contribution in [0, 0.1) is 11.8 Å². The lowest BCUT2D eigenvalue weighted by Crippen LogP contribution is -2.52. The molecule has 4 aliphatic heterocycles. The molecule has 0 unspecified atom stereocenters. The second-order valence-electron chi connectivity index (χ2n) is 16.1. The SMILES string of the molecule is CC(C)C1=CNS(=O)(=O)N(C(C)C)C1=O.CC(C)C1=CNS(=O)(=O)N(C(C)C)C1=O.CC(C)N1C=CC(=O)N(C(C)C)S1(=O)=O.CC(C)N1C=CC(=O)N(C(C)C)S1(=O)=O. The molecular weight excluding hydrogens is 865 g/mol. The molecule has 0 fully saturated rings. The highest BCUT2D eigenvalue weighted by atomic mass is 32.2. The van der Waals surface area contributed by atoms with E-state index in [0.717, 1.165) is 17.2 Å². The molecule has 4 aliphatic rings. The van der Waals surface area contributed by atoms with Crippen LogP contribution in [0.2, 0.25) is 0 Å². The van der Waals surface area contributed by atoms with Gasteiger partial charge in [-0.1, -0.05) is 27.7 Å². The Kier molecular flexibility index (Phi) is 18.5. The summed E-state index contributed by atoms with van der Waals surface area (Å²) in [6.07, 6.45) is 7.76. The minimum Gasteiger partial charge on any atom is -0.273 e. The lowest BCUT2D eigenvalue weighted by Gasteiger charge is -2.35. The summed E-state index contributed by atoms with van der Waals surface area (Å²) in [4.78, 5) is 46.6. The van der Waals surface area contributed by atoms with E-state index in [9.17, 15) is 52.8 Å². The van der Waals surface area contributed by atoms with E-state index in [1.54, 1.807) is 83.1 Å². The minimum absolute atomic E-state index is 0.00162. The van der Waals surface area contributed by atoms with Crippen molar-refractivity contribution >= 4 is 64.5 Å². The molecule has 344 valence electrons. The Hall–Kier alpha value is -4.16. The maximum absolute atomic E-state index is 12.0. The van der Waals surface area contributed by atoms with E-state index in [1.807, 2.05) is 27.7 Å². The standard InChI is InChI=1S/4C9H16N2O3S/c2*1-7(2)10-6-5-9(12)11(8(3)4)15(10,13)14;2*1-6(2)8-5-10-15(13,14)11(7(3)4)9(8)12/h2*5-8H,1-4H3;2*5-7,10H,1-4H3. The van der Waals surface area contributed by atoms with Crippen LogP contribution < -0.4 is 9.44 Å². The third kappa shape index (κ3) is 12.5. The first-order valence-corrected chi connectivity index (χ1v) is 25.0. The summed E-state index contributed by atoms with van der Waals surface area (Å²) < 4.78 is 105. The Morgan fingerprint density at radius 2 is 0.650 bits per heavy atom. The van der Waals surface area contributed by atoms with Crippen LogP contribution in [0.5, 0.6) is 0 Å². The predicted molar refractivity (Wildman–Crippen MR) is 228 cm³/mol. The maximum atomic E-state index is 12.0. The Labute approximate surface area is 358 Å². The Morgan fingerprint density at radius 3 is 0.850 bits per heavy atom. The fourth-order valence-electron chi connectivity index (χ4n) is 5.76. The van der Waals surface area contributed by atoms with Gasteiger partial charge in [0.25, 0.3) is 23.6 Å². The number of nitrogens with zero attached hydrogens (tertiary/aromatic N) is 6. The predicted octanol–water partition coefficient (Wildman–Crippen LogP) is 2.63. The first kappa shape index (κ1) is 53.9. The van der Waals surface area contributed by atoms with Crippen molar-refractivity contribution in [2.24, 2.45) is 11.8 Å². The monoisotopic (exact) mass is 928 g/mol. The molecular formula is C36H64N8O12S4.